The summed E-state index contributed by atoms with van der Waals surface area (Å²) in [5.41, 5.74) is 1.02. The lowest BCUT2D eigenvalue weighted by Gasteiger charge is -2.09. The third-order valence-electron chi connectivity index (χ3n) is 4.97. The Morgan fingerprint density at radius 3 is 2.68 bits per heavy atom. The van der Waals surface area contributed by atoms with E-state index in [1.165, 1.54) is 10.7 Å². The molecule has 3 N–H and O–H groups in total. The van der Waals surface area contributed by atoms with Gasteiger partial charge in [0, 0.05) is 26.1 Å². The third kappa shape index (κ3) is 3.42. The monoisotopic (exact) mass is 406 g/mol. The van der Waals surface area contributed by atoms with Crippen LogP contribution < -0.4 is 16.1 Å². The maximum absolute atomic E-state index is 12.6. The molecule has 1 aromatic carbocycles. The molecule has 0 bridgehead atoms. The second-order valence-corrected chi connectivity index (χ2v) is 8.76. The molecule has 0 saturated heterocycles. The van der Waals surface area contributed by atoms with Crippen LogP contribution in [0.25, 0.3) is 11.0 Å². The average molecular weight is 406 g/mol. The van der Waals surface area contributed by atoms with Crippen LogP contribution in [0, 0.1) is 6.92 Å². The van der Waals surface area contributed by atoms with Crippen molar-refractivity contribution in [3.63, 3.8) is 0 Å². The molecule has 28 heavy (non-hydrogen) atoms. The van der Waals surface area contributed by atoms with Gasteiger partial charge in [0.05, 0.1) is 15.9 Å². The van der Waals surface area contributed by atoms with E-state index in [2.05, 4.69) is 19.8 Å². The molecule has 0 fully saturated rings. The highest BCUT2D eigenvalue weighted by molar-refractivity contribution is 7.89. The molecule has 1 aliphatic heterocycles. The molecule has 0 atom stereocenters. The highest BCUT2D eigenvalue weighted by Crippen LogP contribution is 2.20. The van der Waals surface area contributed by atoms with E-state index in [4.69, 9.17) is 0 Å². The van der Waals surface area contributed by atoms with Gasteiger partial charge in [-0.3, -0.25) is 4.57 Å². The van der Waals surface area contributed by atoms with E-state index in [0.717, 1.165) is 25.1 Å². The van der Waals surface area contributed by atoms with Crippen molar-refractivity contribution in [2.45, 2.75) is 50.6 Å². The minimum absolute atomic E-state index is 0.116. The lowest BCUT2D eigenvalue weighted by atomic mass is 10.2. The van der Waals surface area contributed by atoms with Gasteiger partial charge in [0.15, 0.2) is 0 Å². The first kappa shape index (κ1) is 18.7. The Balaban J connectivity index is 1.43. The van der Waals surface area contributed by atoms with Gasteiger partial charge in [0.1, 0.15) is 5.82 Å². The minimum atomic E-state index is -3.74. The maximum Gasteiger partial charge on any atom is 0.345 e. The minimum Gasteiger partial charge on any atom is -0.306 e. The molecular formula is C17H22N6O4S. The first-order valence-corrected chi connectivity index (χ1v) is 10.7. The fraction of sp³-hybridized carbons (Fsp3) is 0.471. The molecular weight excluding hydrogens is 384 g/mol. The number of hydrogen-bond acceptors (Lipinski definition) is 5. The highest BCUT2D eigenvalue weighted by atomic mass is 32.2. The largest absolute Gasteiger partial charge is 0.345 e. The normalized spacial score (nSPS) is 14.5. The summed E-state index contributed by atoms with van der Waals surface area (Å²) >= 11 is 0. The zero-order valence-corrected chi connectivity index (χ0v) is 16.3. The van der Waals surface area contributed by atoms with Gasteiger partial charge in [-0.15, -0.1) is 0 Å². The summed E-state index contributed by atoms with van der Waals surface area (Å²) in [6, 6.07) is 3.07. The number of imidazole rings is 1. The lowest BCUT2D eigenvalue weighted by molar-refractivity contribution is 0.508. The van der Waals surface area contributed by atoms with E-state index in [0.29, 0.717) is 36.1 Å². The van der Waals surface area contributed by atoms with Crippen LogP contribution in [0.4, 0.5) is 0 Å². The molecule has 0 radical (unpaired) electrons. The number of nitrogens with zero attached hydrogens (tertiary/aromatic N) is 3. The standard InChI is InChI=1S/C17H22N6O4S/c1-11-9-12-13(20-16(24)19-12)10-14(11)28(26,27)18-6-4-8-23-17(25)22-7-3-2-5-15(22)21-23/h9-10,18H,2-8H2,1H3,(H2,19,20,24). The Hall–Kier alpha value is -2.66. The highest BCUT2D eigenvalue weighted by Gasteiger charge is 2.19. The Kier molecular flexibility index (Phi) is 4.71. The molecule has 10 nitrogen and oxygen atoms in total. The summed E-state index contributed by atoms with van der Waals surface area (Å²) in [7, 11) is -3.74. The first-order valence-electron chi connectivity index (χ1n) is 9.24. The van der Waals surface area contributed by atoms with Crippen LogP contribution in [0.3, 0.4) is 0 Å². The van der Waals surface area contributed by atoms with Crippen molar-refractivity contribution in [3.05, 3.63) is 44.5 Å². The summed E-state index contributed by atoms with van der Waals surface area (Å²) in [5, 5.41) is 4.35. The van der Waals surface area contributed by atoms with Crippen LogP contribution in [-0.2, 0) is 29.5 Å². The van der Waals surface area contributed by atoms with Gasteiger partial charge in [-0.25, -0.2) is 27.4 Å². The number of aromatic nitrogens is 5. The predicted molar refractivity (Wildman–Crippen MR) is 103 cm³/mol. The van der Waals surface area contributed by atoms with E-state index < -0.39 is 10.0 Å². The van der Waals surface area contributed by atoms with Gasteiger partial charge >= 0.3 is 11.4 Å². The summed E-state index contributed by atoms with van der Waals surface area (Å²) < 4.78 is 30.9. The molecule has 150 valence electrons. The molecule has 0 saturated carbocycles. The van der Waals surface area contributed by atoms with Crippen molar-refractivity contribution in [2.24, 2.45) is 0 Å². The Bertz CT molecular complexity index is 1250. The number of rotatable bonds is 6. The van der Waals surface area contributed by atoms with Crippen LogP contribution in [0.2, 0.25) is 0 Å². The summed E-state index contributed by atoms with van der Waals surface area (Å²) in [6.07, 6.45) is 3.26. The number of fused-ring (bicyclic) bond motifs is 2. The maximum atomic E-state index is 12.6. The van der Waals surface area contributed by atoms with Gasteiger partial charge < -0.3 is 9.97 Å². The van der Waals surface area contributed by atoms with Crippen molar-refractivity contribution < 1.29 is 8.42 Å². The smallest absolute Gasteiger partial charge is 0.306 e. The number of nitrogens with one attached hydrogen (secondary N) is 3. The van der Waals surface area contributed by atoms with Crippen molar-refractivity contribution in [1.29, 1.82) is 0 Å². The van der Waals surface area contributed by atoms with Crippen molar-refractivity contribution in [3.8, 4) is 0 Å². The molecule has 3 heterocycles. The number of aryl methyl sites for hydroxylation is 3. The SMILES string of the molecule is Cc1cc2[nH]c(=O)[nH]c2cc1S(=O)(=O)NCCCn1nc2n(c1=O)CCCC2. The molecule has 11 heteroatoms. The molecule has 2 aromatic heterocycles. The Labute approximate surface area is 160 Å². The number of benzene rings is 1. The van der Waals surface area contributed by atoms with E-state index in [1.54, 1.807) is 17.6 Å². The van der Waals surface area contributed by atoms with E-state index >= 15 is 0 Å². The topological polar surface area (TPSA) is 135 Å². The second kappa shape index (κ2) is 7.06. The van der Waals surface area contributed by atoms with Crippen LogP contribution in [0.15, 0.2) is 26.6 Å². The number of aromatic amines is 2. The molecule has 4 rings (SSSR count). The first-order chi connectivity index (χ1) is 13.3. The van der Waals surface area contributed by atoms with Crippen molar-refractivity contribution in [1.82, 2.24) is 29.0 Å². The van der Waals surface area contributed by atoms with Gasteiger partial charge in [0.25, 0.3) is 0 Å². The number of hydrogen-bond donors (Lipinski definition) is 3. The zero-order valence-electron chi connectivity index (χ0n) is 15.5. The van der Waals surface area contributed by atoms with E-state index in [-0.39, 0.29) is 22.8 Å². The molecule has 0 amide bonds. The molecule has 3 aromatic rings. The van der Waals surface area contributed by atoms with E-state index in [1.807, 2.05) is 0 Å². The Morgan fingerprint density at radius 1 is 1.18 bits per heavy atom. The lowest BCUT2D eigenvalue weighted by Crippen LogP contribution is -2.29. The number of sulfonamides is 1. The second-order valence-electron chi connectivity index (χ2n) is 7.02. The van der Waals surface area contributed by atoms with Gasteiger partial charge in [-0.05, 0) is 43.9 Å². The van der Waals surface area contributed by atoms with Crippen molar-refractivity contribution in [2.75, 3.05) is 6.54 Å². The van der Waals surface area contributed by atoms with E-state index in [9.17, 15) is 18.0 Å². The van der Waals surface area contributed by atoms with Gasteiger partial charge in [0.2, 0.25) is 10.0 Å². The van der Waals surface area contributed by atoms with Crippen molar-refractivity contribution >= 4 is 21.1 Å². The van der Waals surface area contributed by atoms with Gasteiger partial charge in [-0.2, -0.15) is 5.10 Å². The number of H-pyrrole nitrogens is 2. The summed E-state index contributed by atoms with van der Waals surface area (Å²) in [5.74, 6) is 0.807. The summed E-state index contributed by atoms with van der Waals surface area (Å²) in [6.45, 7) is 2.90. The fourth-order valence-electron chi connectivity index (χ4n) is 3.57. The third-order valence-corrected chi connectivity index (χ3v) is 6.57. The predicted octanol–water partition coefficient (Wildman–Crippen LogP) is 0.228. The van der Waals surface area contributed by atoms with Crippen LogP contribution in [-0.4, -0.2) is 39.3 Å². The Morgan fingerprint density at radius 2 is 1.93 bits per heavy atom. The van der Waals surface area contributed by atoms with Crippen LogP contribution >= 0.6 is 0 Å². The summed E-state index contributed by atoms with van der Waals surface area (Å²) in [4.78, 5) is 29.0. The van der Waals surface area contributed by atoms with Gasteiger partial charge in [-0.1, -0.05) is 0 Å². The fourth-order valence-corrected chi connectivity index (χ4v) is 4.89. The average Bonchev–Trinajstić information content (AvgIpc) is 3.17. The quantitative estimate of drug-likeness (QED) is 0.504. The van der Waals surface area contributed by atoms with Crippen LogP contribution in [0.1, 0.15) is 30.7 Å². The zero-order chi connectivity index (χ0) is 19.9. The molecule has 0 unspecified atom stereocenters. The van der Waals surface area contributed by atoms with Crippen LogP contribution in [0.5, 0.6) is 0 Å². The molecule has 0 aliphatic carbocycles. The molecule has 1 aliphatic rings. The molecule has 0 spiro atoms.